The molecule has 0 aliphatic heterocycles. The van der Waals surface area contributed by atoms with Crippen molar-refractivity contribution in [3.63, 3.8) is 0 Å². The zero-order valence-corrected chi connectivity index (χ0v) is 10.3. The highest BCUT2D eigenvalue weighted by Gasteiger charge is 2.09. The minimum atomic E-state index is -0.258. The molecule has 1 atom stereocenters. The zero-order chi connectivity index (χ0) is 12.8. The Balaban J connectivity index is 1.86. The average molecular weight is 247 g/mol. The molecule has 2 rings (SSSR count). The van der Waals surface area contributed by atoms with Crippen LogP contribution in [-0.2, 0) is 0 Å². The lowest BCUT2D eigenvalue weighted by Crippen LogP contribution is -2.18. The molecule has 0 saturated heterocycles. The second kappa shape index (κ2) is 6.12. The number of ether oxygens (including phenoxy) is 2. The van der Waals surface area contributed by atoms with Crippen molar-refractivity contribution in [3.05, 3.63) is 48.4 Å². The van der Waals surface area contributed by atoms with Crippen LogP contribution in [0.5, 0.6) is 11.5 Å². The van der Waals surface area contributed by atoms with Crippen molar-refractivity contribution in [2.24, 2.45) is 5.73 Å². The first-order chi connectivity index (χ1) is 8.79. The van der Waals surface area contributed by atoms with E-state index < -0.39 is 0 Å². The van der Waals surface area contributed by atoms with Crippen LogP contribution in [0.4, 0.5) is 0 Å². The molecule has 0 saturated carbocycles. The van der Waals surface area contributed by atoms with Gasteiger partial charge in [-0.3, -0.25) is 0 Å². The molecule has 18 heavy (non-hydrogen) atoms. The molecular formula is C14H17NO3. The van der Waals surface area contributed by atoms with Crippen molar-refractivity contribution in [3.8, 4) is 11.5 Å². The molecule has 0 amide bonds. The summed E-state index contributed by atoms with van der Waals surface area (Å²) in [6.45, 7) is 2.98. The molecule has 2 N–H and O–H groups in total. The van der Waals surface area contributed by atoms with E-state index >= 15 is 0 Å². The Hall–Kier alpha value is -1.94. The van der Waals surface area contributed by atoms with Crippen LogP contribution >= 0.6 is 0 Å². The number of benzene rings is 1. The van der Waals surface area contributed by atoms with Crippen molar-refractivity contribution in [2.45, 2.75) is 13.0 Å². The number of rotatable bonds is 6. The second-order valence-corrected chi connectivity index (χ2v) is 3.84. The van der Waals surface area contributed by atoms with E-state index in [2.05, 4.69) is 0 Å². The van der Waals surface area contributed by atoms with Gasteiger partial charge in [0.1, 0.15) is 23.9 Å². The Morgan fingerprint density at radius 1 is 1.11 bits per heavy atom. The molecule has 1 aromatic heterocycles. The molecule has 4 heteroatoms. The van der Waals surface area contributed by atoms with E-state index in [0.29, 0.717) is 13.2 Å². The molecule has 2 aromatic rings. The Bertz CT molecular complexity index is 450. The maximum Gasteiger partial charge on any atom is 0.123 e. The van der Waals surface area contributed by atoms with Gasteiger partial charge in [-0.1, -0.05) is 0 Å². The van der Waals surface area contributed by atoms with Crippen LogP contribution in [0.25, 0.3) is 0 Å². The van der Waals surface area contributed by atoms with Gasteiger partial charge in [0.05, 0.1) is 18.9 Å². The van der Waals surface area contributed by atoms with Crippen LogP contribution < -0.4 is 15.2 Å². The zero-order valence-electron chi connectivity index (χ0n) is 10.3. The van der Waals surface area contributed by atoms with Gasteiger partial charge >= 0.3 is 0 Å². The molecular weight excluding hydrogens is 230 g/mol. The Labute approximate surface area is 106 Å². The third kappa shape index (κ3) is 3.28. The Kier molecular flexibility index (Phi) is 4.25. The summed E-state index contributed by atoms with van der Waals surface area (Å²) in [7, 11) is 0. The second-order valence-electron chi connectivity index (χ2n) is 3.84. The number of hydrogen-bond acceptors (Lipinski definition) is 4. The highest BCUT2D eigenvalue weighted by atomic mass is 16.5. The van der Waals surface area contributed by atoms with Crippen molar-refractivity contribution >= 4 is 0 Å². The number of hydrogen-bond donors (Lipinski definition) is 1. The largest absolute Gasteiger partial charge is 0.494 e. The minimum Gasteiger partial charge on any atom is -0.494 e. The summed E-state index contributed by atoms with van der Waals surface area (Å²) in [5, 5.41) is 0. The number of nitrogens with two attached hydrogens (primary N) is 1. The summed E-state index contributed by atoms with van der Waals surface area (Å²) in [5.41, 5.74) is 5.92. The molecule has 4 nitrogen and oxygen atoms in total. The maximum atomic E-state index is 5.92. The van der Waals surface area contributed by atoms with E-state index in [1.807, 2.05) is 43.3 Å². The topological polar surface area (TPSA) is 57.6 Å². The van der Waals surface area contributed by atoms with Crippen molar-refractivity contribution < 1.29 is 13.9 Å². The Morgan fingerprint density at radius 3 is 2.33 bits per heavy atom. The first-order valence-electron chi connectivity index (χ1n) is 5.94. The molecule has 0 spiro atoms. The van der Waals surface area contributed by atoms with Crippen LogP contribution in [0.15, 0.2) is 47.1 Å². The molecule has 0 fully saturated rings. The fourth-order valence-electron chi connectivity index (χ4n) is 1.57. The smallest absolute Gasteiger partial charge is 0.123 e. The third-order valence-electron chi connectivity index (χ3n) is 2.47. The average Bonchev–Trinajstić information content (AvgIpc) is 2.92. The first kappa shape index (κ1) is 12.5. The summed E-state index contributed by atoms with van der Waals surface area (Å²) >= 11 is 0. The molecule has 1 heterocycles. The molecule has 1 aromatic carbocycles. The van der Waals surface area contributed by atoms with Gasteiger partial charge < -0.3 is 19.6 Å². The highest BCUT2D eigenvalue weighted by Crippen LogP contribution is 2.19. The predicted octanol–water partition coefficient (Wildman–Crippen LogP) is 2.76. The van der Waals surface area contributed by atoms with Gasteiger partial charge in [-0.25, -0.2) is 0 Å². The number of furan rings is 1. The van der Waals surface area contributed by atoms with Crippen LogP contribution in [-0.4, -0.2) is 13.2 Å². The molecule has 0 aliphatic carbocycles. The molecule has 0 aliphatic rings. The van der Waals surface area contributed by atoms with E-state index in [4.69, 9.17) is 19.6 Å². The fourth-order valence-corrected chi connectivity index (χ4v) is 1.57. The van der Waals surface area contributed by atoms with Crippen LogP contribution in [0.2, 0.25) is 0 Å². The van der Waals surface area contributed by atoms with E-state index in [9.17, 15) is 0 Å². The van der Waals surface area contributed by atoms with Crippen LogP contribution in [0, 0.1) is 0 Å². The van der Waals surface area contributed by atoms with Crippen LogP contribution in [0.1, 0.15) is 18.7 Å². The van der Waals surface area contributed by atoms with E-state index in [0.717, 1.165) is 17.3 Å². The highest BCUT2D eigenvalue weighted by molar-refractivity contribution is 5.31. The van der Waals surface area contributed by atoms with E-state index in [-0.39, 0.29) is 6.04 Å². The summed E-state index contributed by atoms with van der Waals surface area (Å²) in [4.78, 5) is 0. The van der Waals surface area contributed by atoms with Crippen molar-refractivity contribution in [1.29, 1.82) is 0 Å². The third-order valence-corrected chi connectivity index (χ3v) is 2.47. The summed E-state index contributed by atoms with van der Waals surface area (Å²) in [6.07, 6.45) is 1.60. The predicted molar refractivity (Wildman–Crippen MR) is 68.7 cm³/mol. The lowest BCUT2D eigenvalue weighted by atomic mass is 10.2. The van der Waals surface area contributed by atoms with Crippen LogP contribution in [0.3, 0.4) is 0 Å². The SMILES string of the molecule is CCOc1ccc(OCC(N)c2ccco2)cc1. The lowest BCUT2D eigenvalue weighted by Gasteiger charge is -2.11. The molecule has 0 bridgehead atoms. The van der Waals surface area contributed by atoms with Gasteiger partial charge in [-0.2, -0.15) is 0 Å². The standard InChI is InChI=1S/C14H17NO3/c1-2-16-11-5-7-12(8-6-11)18-10-13(15)14-4-3-9-17-14/h3-9,13H,2,10,15H2,1H3. The van der Waals surface area contributed by atoms with Gasteiger partial charge in [0.15, 0.2) is 0 Å². The maximum absolute atomic E-state index is 5.92. The molecule has 96 valence electrons. The molecule has 0 radical (unpaired) electrons. The quantitative estimate of drug-likeness (QED) is 0.852. The first-order valence-corrected chi connectivity index (χ1v) is 5.94. The van der Waals surface area contributed by atoms with Gasteiger partial charge in [0, 0.05) is 0 Å². The summed E-state index contributed by atoms with van der Waals surface area (Å²) in [5.74, 6) is 2.32. The van der Waals surface area contributed by atoms with E-state index in [1.165, 1.54) is 0 Å². The van der Waals surface area contributed by atoms with Gasteiger partial charge in [-0.05, 0) is 43.3 Å². The van der Waals surface area contributed by atoms with Crippen molar-refractivity contribution in [1.82, 2.24) is 0 Å². The van der Waals surface area contributed by atoms with Gasteiger partial charge in [0.25, 0.3) is 0 Å². The lowest BCUT2D eigenvalue weighted by molar-refractivity contribution is 0.272. The van der Waals surface area contributed by atoms with Crippen molar-refractivity contribution in [2.75, 3.05) is 13.2 Å². The minimum absolute atomic E-state index is 0.258. The Morgan fingerprint density at radius 2 is 1.78 bits per heavy atom. The fraction of sp³-hybridized carbons (Fsp3) is 0.286. The van der Waals surface area contributed by atoms with Gasteiger partial charge in [0.2, 0.25) is 0 Å². The monoisotopic (exact) mass is 247 g/mol. The summed E-state index contributed by atoms with van der Waals surface area (Å²) < 4.78 is 16.1. The normalized spacial score (nSPS) is 12.1. The summed E-state index contributed by atoms with van der Waals surface area (Å²) in [6, 6.07) is 10.9. The van der Waals surface area contributed by atoms with E-state index in [1.54, 1.807) is 6.26 Å². The molecule has 1 unspecified atom stereocenters. The van der Waals surface area contributed by atoms with Gasteiger partial charge in [-0.15, -0.1) is 0 Å².